The predicted molar refractivity (Wildman–Crippen MR) is 74.8 cm³/mol. The smallest absolute Gasteiger partial charge is 0.320 e. The number of carboxylic acid groups (broad SMARTS) is 1. The monoisotopic (exact) mass is 304 g/mol. The van der Waals surface area contributed by atoms with E-state index in [0.29, 0.717) is 15.7 Å². The summed E-state index contributed by atoms with van der Waals surface area (Å²) in [5.74, 6) is -1.23. The van der Waals surface area contributed by atoms with Crippen molar-refractivity contribution in [2.75, 3.05) is 11.9 Å². The van der Waals surface area contributed by atoms with Crippen molar-refractivity contribution in [1.82, 2.24) is 5.32 Å². The molecule has 19 heavy (non-hydrogen) atoms. The number of hydrogen-bond acceptors (Lipinski definition) is 3. The van der Waals surface area contributed by atoms with Crippen LogP contribution in [-0.4, -0.2) is 29.6 Å². The summed E-state index contributed by atoms with van der Waals surface area (Å²) in [5.41, 5.74) is 0.436. The van der Waals surface area contributed by atoms with Gasteiger partial charge in [-0.15, -0.1) is 0 Å². The van der Waals surface area contributed by atoms with Crippen molar-refractivity contribution < 1.29 is 14.7 Å². The highest BCUT2D eigenvalue weighted by atomic mass is 35.5. The number of amides is 1. The molecular weight excluding hydrogens is 291 g/mol. The largest absolute Gasteiger partial charge is 0.480 e. The summed E-state index contributed by atoms with van der Waals surface area (Å²) in [6, 6.07) is 4.07. The summed E-state index contributed by atoms with van der Waals surface area (Å²) in [6.07, 6.45) is 0.139. The Bertz CT molecular complexity index is 480. The molecule has 1 unspecified atom stereocenters. The number of nitrogens with one attached hydrogen (secondary N) is 2. The minimum Gasteiger partial charge on any atom is -0.480 e. The molecule has 1 aromatic carbocycles. The first-order chi connectivity index (χ1) is 8.90. The first-order valence-electron chi connectivity index (χ1n) is 5.61. The lowest BCUT2D eigenvalue weighted by molar-refractivity contribution is -0.139. The number of hydrogen-bond donors (Lipinski definition) is 3. The molecule has 1 aromatic rings. The van der Waals surface area contributed by atoms with Crippen LogP contribution in [-0.2, 0) is 9.59 Å². The molecule has 0 spiro atoms. The van der Waals surface area contributed by atoms with Gasteiger partial charge in [-0.25, -0.2) is 0 Å². The molecule has 1 atom stereocenters. The number of rotatable bonds is 6. The molecule has 7 heteroatoms. The number of anilines is 1. The highest BCUT2D eigenvalue weighted by Crippen LogP contribution is 2.25. The summed E-state index contributed by atoms with van der Waals surface area (Å²) in [4.78, 5) is 22.2. The van der Waals surface area contributed by atoms with Crippen molar-refractivity contribution in [2.24, 2.45) is 0 Å². The Morgan fingerprint density at radius 2 is 2.05 bits per heavy atom. The zero-order chi connectivity index (χ0) is 14.4. The fourth-order valence-corrected chi connectivity index (χ4v) is 1.63. The van der Waals surface area contributed by atoms with Crippen LogP contribution in [0, 0.1) is 0 Å². The van der Waals surface area contributed by atoms with Crippen molar-refractivity contribution in [3.63, 3.8) is 0 Å². The first-order valence-corrected chi connectivity index (χ1v) is 6.37. The number of halogens is 2. The fraction of sp³-hybridized carbons (Fsp3) is 0.333. The average molecular weight is 305 g/mol. The number of aliphatic carboxylic acids is 1. The molecule has 1 amide bonds. The molecule has 3 N–H and O–H groups in total. The lowest BCUT2D eigenvalue weighted by Crippen LogP contribution is -2.35. The van der Waals surface area contributed by atoms with Gasteiger partial charge < -0.3 is 15.7 Å². The second-order valence-corrected chi connectivity index (χ2v) is 4.78. The Balaban J connectivity index is 2.43. The molecule has 0 heterocycles. The van der Waals surface area contributed by atoms with Gasteiger partial charge in [-0.3, -0.25) is 9.59 Å². The fourth-order valence-electron chi connectivity index (χ4n) is 1.30. The standard InChI is InChI=1S/C12H14Cl2N2O3/c1-7(12(18)19)15-5-4-11(17)16-10-6-8(13)2-3-9(10)14/h2-3,6-7,15H,4-5H2,1H3,(H,16,17)(H,18,19). The van der Waals surface area contributed by atoms with Crippen LogP contribution in [0.25, 0.3) is 0 Å². The van der Waals surface area contributed by atoms with Crippen LogP contribution in [0.5, 0.6) is 0 Å². The Kier molecular flexibility index (Phi) is 6.08. The van der Waals surface area contributed by atoms with E-state index in [2.05, 4.69) is 10.6 Å². The van der Waals surface area contributed by atoms with Gasteiger partial charge in [0.1, 0.15) is 6.04 Å². The third-order valence-corrected chi connectivity index (χ3v) is 2.94. The minimum absolute atomic E-state index is 0.139. The Morgan fingerprint density at radius 3 is 2.68 bits per heavy atom. The van der Waals surface area contributed by atoms with Gasteiger partial charge in [0.15, 0.2) is 0 Å². The van der Waals surface area contributed by atoms with Gasteiger partial charge in [0.2, 0.25) is 5.91 Å². The Morgan fingerprint density at radius 1 is 1.37 bits per heavy atom. The molecule has 1 rings (SSSR count). The molecule has 0 bridgehead atoms. The number of carbonyl (C=O) groups excluding carboxylic acids is 1. The van der Waals surface area contributed by atoms with Crippen molar-refractivity contribution >= 4 is 40.8 Å². The van der Waals surface area contributed by atoms with Crippen molar-refractivity contribution in [3.8, 4) is 0 Å². The summed E-state index contributed by atoms with van der Waals surface area (Å²) < 4.78 is 0. The van der Waals surface area contributed by atoms with Gasteiger partial charge in [-0.1, -0.05) is 23.2 Å². The van der Waals surface area contributed by atoms with Crippen molar-refractivity contribution in [2.45, 2.75) is 19.4 Å². The molecule has 5 nitrogen and oxygen atoms in total. The molecule has 0 aliphatic carbocycles. The molecule has 0 saturated heterocycles. The average Bonchev–Trinajstić information content (AvgIpc) is 2.33. The summed E-state index contributed by atoms with van der Waals surface area (Å²) >= 11 is 11.7. The molecule has 0 radical (unpaired) electrons. The maximum absolute atomic E-state index is 11.6. The van der Waals surface area contributed by atoms with Crippen LogP contribution in [0.4, 0.5) is 5.69 Å². The molecule has 0 fully saturated rings. The highest BCUT2D eigenvalue weighted by Gasteiger charge is 2.11. The van der Waals surface area contributed by atoms with Gasteiger partial charge in [0, 0.05) is 18.0 Å². The molecule has 0 aliphatic rings. The molecular formula is C12H14Cl2N2O3. The SMILES string of the molecule is CC(NCCC(=O)Nc1cc(Cl)ccc1Cl)C(=O)O. The highest BCUT2D eigenvalue weighted by molar-refractivity contribution is 6.35. The van der Waals surface area contributed by atoms with Crippen LogP contribution in [0.2, 0.25) is 10.0 Å². The second kappa shape index (κ2) is 7.33. The lowest BCUT2D eigenvalue weighted by atomic mass is 10.3. The van der Waals surface area contributed by atoms with E-state index in [1.165, 1.54) is 6.92 Å². The number of benzene rings is 1. The zero-order valence-electron chi connectivity index (χ0n) is 10.2. The third kappa shape index (κ3) is 5.46. The van der Waals surface area contributed by atoms with Crippen LogP contribution in [0.3, 0.4) is 0 Å². The third-order valence-electron chi connectivity index (χ3n) is 2.38. The van der Waals surface area contributed by atoms with E-state index >= 15 is 0 Å². The number of carbonyl (C=O) groups is 2. The second-order valence-electron chi connectivity index (χ2n) is 3.94. The summed E-state index contributed by atoms with van der Waals surface area (Å²) in [7, 11) is 0. The van der Waals surface area contributed by atoms with E-state index in [9.17, 15) is 9.59 Å². The quantitative estimate of drug-likeness (QED) is 0.754. The molecule has 0 saturated carbocycles. The van der Waals surface area contributed by atoms with Gasteiger partial charge in [0.05, 0.1) is 10.7 Å². The normalized spacial score (nSPS) is 11.9. The van der Waals surface area contributed by atoms with E-state index in [0.717, 1.165) is 0 Å². The van der Waals surface area contributed by atoms with E-state index in [4.69, 9.17) is 28.3 Å². The van der Waals surface area contributed by atoms with Gasteiger partial charge in [0.25, 0.3) is 0 Å². The molecule has 104 valence electrons. The maximum Gasteiger partial charge on any atom is 0.320 e. The van der Waals surface area contributed by atoms with Crippen molar-refractivity contribution in [3.05, 3.63) is 28.2 Å². The minimum atomic E-state index is -0.960. The van der Waals surface area contributed by atoms with Crippen LogP contribution in [0.15, 0.2) is 18.2 Å². The van der Waals surface area contributed by atoms with E-state index in [-0.39, 0.29) is 18.9 Å². The van der Waals surface area contributed by atoms with Gasteiger partial charge in [-0.05, 0) is 25.1 Å². The Labute approximate surface area is 120 Å². The van der Waals surface area contributed by atoms with Crippen LogP contribution < -0.4 is 10.6 Å². The predicted octanol–water partition coefficient (Wildman–Crippen LogP) is 2.38. The zero-order valence-corrected chi connectivity index (χ0v) is 11.8. The summed E-state index contributed by atoms with van der Waals surface area (Å²) in [5, 5.41) is 14.8. The van der Waals surface area contributed by atoms with Gasteiger partial charge >= 0.3 is 5.97 Å². The number of carboxylic acids is 1. The molecule has 0 aromatic heterocycles. The van der Waals surface area contributed by atoms with E-state index in [1.807, 2.05) is 0 Å². The maximum atomic E-state index is 11.6. The summed E-state index contributed by atoms with van der Waals surface area (Å²) in [6.45, 7) is 1.77. The van der Waals surface area contributed by atoms with Crippen LogP contribution in [0.1, 0.15) is 13.3 Å². The van der Waals surface area contributed by atoms with E-state index < -0.39 is 12.0 Å². The van der Waals surface area contributed by atoms with Crippen molar-refractivity contribution in [1.29, 1.82) is 0 Å². The van der Waals surface area contributed by atoms with E-state index in [1.54, 1.807) is 18.2 Å². The Hall–Kier alpha value is -1.30. The molecule has 0 aliphatic heterocycles. The lowest BCUT2D eigenvalue weighted by Gasteiger charge is -2.10. The topological polar surface area (TPSA) is 78.4 Å². The van der Waals surface area contributed by atoms with Gasteiger partial charge in [-0.2, -0.15) is 0 Å². The van der Waals surface area contributed by atoms with Crippen LogP contribution >= 0.6 is 23.2 Å². The first kappa shape index (κ1) is 15.8.